The van der Waals surface area contributed by atoms with Crippen molar-refractivity contribution in [3.05, 3.63) is 35.3 Å². The molecule has 2 aliphatic rings. The number of anilines is 2. The molecule has 0 aromatic carbocycles. The van der Waals surface area contributed by atoms with E-state index < -0.39 is 0 Å². The first-order valence-corrected chi connectivity index (χ1v) is 11.6. The van der Waals surface area contributed by atoms with Crippen LogP contribution in [0.1, 0.15) is 50.3 Å². The van der Waals surface area contributed by atoms with Crippen LogP contribution in [0.2, 0.25) is 0 Å². The molecule has 0 saturated carbocycles. The number of nitrogens with two attached hydrogens (primary N) is 2. The summed E-state index contributed by atoms with van der Waals surface area (Å²) in [5.41, 5.74) is 15.9. The van der Waals surface area contributed by atoms with Gasteiger partial charge in [0, 0.05) is 24.0 Å². The molecule has 0 amide bonds. The Morgan fingerprint density at radius 1 is 0.765 bits per heavy atom. The molecule has 34 heavy (non-hydrogen) atoms. The maximum Gasteiger partial charge on any atom is 0.309 e. The molecule has 6 rings (SSSR count). The maximum atomic E-state index is 6.61. The lowest BCUT2D eigenvalue weighted by Gasteiger charge is -2.29. The average molecular weight is 467 g/mol. The van der Waals surface area contributed by atoms with Crippen LogP contribution in [0.5, 0.6) is 0 Å². The van der Waals surface area contributed by atoms with Gasteiger partial charge in [0.15, 0.2) is 0 Å². The highest BCUT2D eigenvalue weighted by Crippen LogP contribution is 2.37. The van der Waals surface area contributed by atoms with Gasteiger partial charge in [-0.15, -0.1) is 0 Å². The number of nitrogens with zero attached hydrogens (tertiary/aromatic N) is 4. The number of rotatable bonds is 3. The zero-order valence-electron chi connectivity index (χ0n) is 20.0. The van der Waals surface area contributed by atoms with Gasteiger partial charge in [0.25, 0.3) is 0 Å². The van der Waals surface area contributed by atoms with Gasteiger partial charge in [-0.2, -0.15) is 0 Å². The summed E-state index contributed by atoms with van der Waals surface area (Å²) in [4.78, 5) is 9.04. The van der Waals surface area contributed by atoms with E-state index in [9.17, 15) is 0 Å². The first-order valence-electron chi connectivity index (χ1n) is 11.6. The molecule has 178 valence electrons. The number of nitrogen functional groups attached to an aromatic ring is 2. The van der Waals surface area contributed by atoms with Gasteiger partial charge in [0.2, 0.25) is 24.3 Å². The largest absolute Gasteiger partial charge is 0.428 e. The maximum absolute atomic E-state index is 6.61. The molecule has 10 heteroatoms. The number of furan rings is 2. The summed E-state index contributed by atoms with van der Waals surface area (Å²) in [6.07, 6.45) is 4.86. The van der Waals surface area contributed by atoms with Crippen LogP contribution in [-0.4, -0.2) is 21.2 Å². The molecule has 4 aromatic heterocycles. The highest BCUT2D eigenvalue weighted by atomic mass is 16.5. The third-order valence-corrected chi connectivity index (χ3v) is 6.88. The molecule has 4 N–H and O–H groups in total. The van der Waals surface area contributed by atoms with Crippen LogP contribution >= 0.6 is 0 Å². The van der Waals surface area contributed by atoms with Crippen LogP contribution < -0.4 is 20.6 Å². The highest BCUT2D eigenvalue weighted by Gasteiger charge is 2.35. The molecular formula is C24H30N6O4+2. The van der Waals surface area contributed by atoms with Crippen molar-refractivity contribution in [2.24, 2.45) is 0 Å². The quantitative estimate of drug-likeness (QED) is 0.439. The minimum atomic E-state index is -0.272. The zero-order valence-corrected chi connectivity index (χ0v) is 20.0. The lowest BCUT2D eigenvalue weighted by molar-refractivity contribution is -0.766. The Morgan fingerprint density at radius 3 is 1.59 bits per heavy atom. The fourth-order valence-corrected chi connectivity index (χ4v) is 5.02. The van der Waals surface area contributed by atoms with Crippen LogP contribution in [0, 0.1) is 0 Å². The van der Waals surface area contributed by atoms with Crippen molar-refractivity contribution in [3.63, 3.8) is 0 Å². The van der Waals surface area contributed by atoms with Crippen LogP contribution in [0.15, 0.2) is 21.5 Å². The van der Waals surface area contributed by atoms with E-state index in [0.717, 1.165) is 46.3 Å². The van der Waals surface area contributed by atoms with Gasteiger partial charge in [-0.1, -0.05) is 9.97 Å². The minimum absolute atomic E-state index is 0.272. The first kappa shape index (κ1) is 21.3. The van der Waals surface area contributed by atoms with Crippen molar-refractivity contribution in [1.29, 1.82) is 0 Å². The van der Waals surface area contributed by atoms with Gasteiger partial charge >= 0.3 is 11.4 Å². The van der Waals surface area contributed by atoms with Gasteiger partial charge in [0.1, 0.15) is 48.6 Å². The molecule has 6 heterocycles. The molecule has 0 bridgehead atoms. The predicted octanol–water partition coefficient (Wildman–Crippen LogP) is 2.11. The van der Waals surface area contributed by atoms with Crippen molar-refractivity contribution in [3.8, 4) is 0 Å². The minimum Gasteiger partial charge on any atom is -0.428 e. The van der Waals surface area contributed by atoms with Gasteiger partial charge in [-0.05, 0) is 27.7 Å². The van der Waals surface area contributed by atoms with E-state index in [2.05, 4.69) is 37.7 Å². The van der Waals surface area contributed by atoms with Crippen molar-refractivity contribution in [2.45, 2.75) is 78.0 Å². The lowest BCUT2D eigenvalue weighted by Crippen LogP contribution is -2.47. The normalized spacial score (nSPS) is 18.8. The van der Waals surface area contributed by atoms with Crippen LogP contribution in [0.3, 0.4) is 0 Å². The summed E-state index contributed by atoms with van der Waals surface area (Å²) in [5, 5.41) is 1.73. The standard InChI is InChI=1S/C24H28N6O4/c1-23(2)7-13-15(9-31-23)33-21-17(13)19(25)29(11-27-21)5-6-30-12-28-22-18(20(30)26)14-8-24(3,4)32-10-16(14)34-22/h11-12,25-26H,5-10H2,1-4H3/p+2. The molecular weight excluding hydrogens is 436 g/mol. The first-order chi connectivity index (χ1) is 16.1. The van der Waals surface area contributed by atoms with Gasteiger partial charge in [-0.25, -0.2) is 9.13 Å². The molecule has 0 fully saturated rings. The Bertz CT molecular complexity index is 1340. The van der Waals surface area contributed by atoms with E-state index >= 15 is 0 Å². The molecule has 0 radical (unpaired) electrons. The third-order valence-electron chi connectivity index (χ3n) is 6.88. The number of hydrogen-bond donors (Lipinski definition) is 2. The van der Waals surface area contributed by atoms with Crippen molar-refractivity contribution in [1.82, 2.24) is 9.97 Å². The van der Waals surface area contributed by atoms with E-state index in [-0.39, 0.29) is 11.2 Å². The number of ether oxygens (including phenoxy) is 2. The summed E-state index contributed by atoms with van der Waals surface area (Å²) in [6, 6.07) is 0. The lowest BCUT2D eigenvalue weighted by atomic mass is 9.94. The van der Waals surface area contributed by atoms with Crippen molar-refractivity contribution >= 4 is 33.8 Å². The van der Waals surface area contributed by atoms with Crippen LogP contribution in [0.25, 0.3) is 22.2 Å². The Balaban J connectivity index is 1.33. The van der Waals surface area contributed by atoms with E-state index in [1.807, 2.05) is 9.13 Å². The zero-order chi connectivity index (χ0) is 23.8. The predicted molar refractivity (Wildman–Crippen MR) is 122 cm³/mol. The second-order valence-electron chi connectivity index (χ2n) is 10.5. The van der Waals surface area contributed by atoms with Gasteiger partial charge in [0.05, 0.1) is 11.2 Å². The Hall–Kier alpha value is -3.24. The summed E-state index contributed by atoms with van der Waals surface area (Å²) in [6.45, 7) is 10.3. The average Bonchev–Trinajstić information content (AvgIpc) is 3.31. The fourth-order valence-electron chi connectivity index (χ4n) is 5.02. The Kier molecular flexibility index (Phi) is 4.47. The van der Waals surface area contributed by atoms with Crippen LogP contribution in [0.4, 0.5) is 11.6 Å². The second-order valence-corrected chi connectivity index (χ2v) is 10.5. The Morgan fingerprint density at radius 2 is 1.18 bits per heavy atom. The molecule has 0 unspecified atom stereocenters. The summed E-state index contributed by atoms with van der Waals surface area (Å²) in [7, 11) is 0. The van der Waals surface area contributed by atoms with Crippen molar-refractivity contribution < 1.29 is 27.4 Å². The van der Waals surface area contributed by atoms with Crippen LogP contribution in [-0.2, 0) is 48.6 Å². The van der Waals surface area contributed by atoms with E-state index in [4.69, 9.17) is 29.8 Å². The molecule has 0 saturated heterocycles. The number of aromatic nitrogens is 4. The monoisotopic (exact) mass is 466 g/mol. The van der Waals surface area contributed by atoms with Crippen molar-refractivity contribution in [2.75, 3.05) is 11.5 Å². The number of hydrogen-bond acceptors (Lipinski definition) is 8. The third kappa shape index (κ3) is 3.32. The summed E-state index contributed by atoms with van der Waals surface area (Å²) in [5.74, 6) is 2.85. The second kappa shape index (κ2) is 7.13. The molecule has 4 aromatic rings. The summed E-state index contributed by atoms with van der Waals surface area (Å²) < 4.78 is 27.5. The van der Waals surface area contributed by atoms with E-state index in [1.165, 1.54) is 0 Å². The van der Waals surface area contributed by atoms with E-state index in [0.29, 0.717) is 49.4 Å². The smallest absolute Gasteiger partial charge is 0.309 e. The highest BCUT2D eigenvalue weighted by molar-refractivity contribution is 5.88. The van der Waals surface area contributed by atoms with Gasteiger partial charge < -0.3 is 29.8 Å². The molecule has 10 nitrogen and oxygen atoms in total. The Labute approximate surface area is 196 Å². The molecule has 0 spiro atoms. The summed E-state index contributed by atoms with van der Waals surface area (Å²) >= 11 is 0. The molecule has 0 aliphatic carbocycles. The van der Waals surface area contributed by atoms with Gasteiger partial charge in [-0.3, -0.25) is 0 Å². The molecule has 2 aliphatic heterocycles. The molecule has 0 atom stereocenters. The SMILES string of the molecule is CC1(C)Cc2c(oc3nc[n+](CC[n+]4cnc5oc6c(c5c4N)CC(C)(C)OC6)c(N)c23)CO1. The fraction of sp³-hybridized carbons (Fsp3) is 0.500. The number of aryl methyl sites for hydroxylation is 2. The topological polar surface area (TPSA) is 130 Å². The van der Waals surface area contributed by atoms with E-state index in [1.54, 1.807) is 12.7 Å². The number of fused-ring (bicyclic) bond motifs is 6.